The molecule has 112 valence electrons. The Balaban J connectivity index is 1.91. The molecule has 0 spiro atoms. The number of carbonyl (C=O) groups excluding carboxylic acids is 1. The van der Waals surface area contributed by atoms with Gasteiger partial charge in [-0.25, -0.2) is 0 Å². The molecule has 0 aromatic heterocycles. The van der Waals surface area contributed by atoms with Crippen LogP contribution < -0.4 is 10.6 Å². The Morgan fingerprint density at radius 1 is 1.18 bits per heavy atom. The number of thiocarbonyl (C=S) groups is 1. The molecule has 0 bridgehead atoms. The third-order valence-corrected chi connectivity index (χ3v) is 4.23. The molecule has 6 heteroatoms. The molecule has 2 N–H and O–H groups in total. The summed E-state index contributed by atoms with van der Waals surface area (Å²) in [7, 11) is 0. The van der Waals surface area contributed by atoms with Gasteiger partial charge in [-0.05, 0) is 64.6 Å². The molecule has 0 unspecified atom stereocenters. The Kier molecular flexibility index (Phi) is 6.53. The van der Waals surface area contributed by atoms with Crippen molar-refractivity contribution in [3.05, 3.63) is 68.2 Å². The van der Waals surface area contributed by atoms with Crippen molar-refractivity contribution in [1.29, 1.82) is 0 Å². The smallest absolute Gasteiger partial charge is 0.250 e. The third-order valence-electron chi connectivity index (χ3n) is 2.64. The van der Waals surface area contributed by atoms with Crippen LogP contribution in [0.4, 0.5) is 5.69 Å². The zero-order valence-corrected chi connectivity index (χ0v) is 15.9. The molecule has 0 heterocycles. The van der Waals surface area contributed by atoms with Crippen LogP contribution in [0.15, 0.2) is 59.1 Å². The minimum atomic E-state index is -0.270. The lowest BCUT2D eigenvalue weighted by molar-refractivity contribution is -0.115. The summed E-state index contributed by atoms with van der Waals surface area (Å²) in [6, 6.07) is 15.4. The van der Waals surface area contributed by atoms with E-state index in [4.69, 9.17) is 12.2 Å². The summed E-state index contributed by atoms with van der Waals surface area (Å²) in [5.41, 5.74) is 1.81. The van der Waals surface area contributed by atoms with Crippen molar-refractivity contribution >= 4 is 73.5 Å². The maximum Gasteiger partial charge on any atom is 0.250 e. The van der Waals surface area contributed by atoms with E-state index in [1.807, 2.05) is 48.5 Å². The molecule has 1 amide bonds. The first-order valence-corrected chi connectivity index (χ1v) is 8.63. The van der Waals surface area contributed by atoms with E-state index in [0.29, 0.717) is 0 Å². The second kappa shape index (κ2) is 8.40. The summed E-state index contributed by atoms with van der Waals surface area (Å²) in [6.07, 6.45) is 3.19. The second-order valence-corrected chi connectivity index (χ2v) is 6.80. The molecule has 0 aliphatic rings. The Morgan fingerprint density at radius 3 is 2.59 bits per heavy atom. The molecular weight excluding hydrogens is 475 g/mol. The van der Waals surface area contributed by atoms with Gasteiger partial charge in [0.2, 0.25) is 5.91 Å². The Bertz CT molecular complexity index is 719. The minimum Gasteiger partial charge on any atom is -0.332 e. The molecular formula is C16H12BrIN2OS. The van der Waals surface area contributed by atoms with Crippen LogP contribution in [-0.2, 0) is 4.79 Å². The number of nitrogens with one attached hydrogen (secondary N) is 2. The van der Waals surface area contributed by atoms with E-state index in [2.05, 4.69) is 49.2 Å². The zero-order chi connectivity index (χ0) is 15.9. The Labute approximate surface area is 156 Å². The lowest BCUT2D eigenvalue weighted by atomic mass is 10.2. The average Bonchev–Trinajstić information content (AvgIpc) is 2.49. The highest BCUT2D eigenvalue weighted by Gasteiger charge is 2.05. The van der Waals surface area contributed by atoms with Crippen LogP contribution in [0, 0.1) is 3.57 Å². The van der Waals surface area contributed by atoms with Crippen molar-refractivity contribution in [2.24, 2.45) is 0 Å². The molecule has 2 aromatic rings. The van der Waals surface area contributed by atoms with Gasteiger partial charge in [-0.15, -0.1) is 0 Å². The van der Waals surface area contributed by atoms with Crippen molar-refractivity contribution in [3.8, 4) is 0 Å². The summed E-state index contributed by atoms with van der Waals surface area (Å²) >= 11 is 10.7. The third kappa shape index (κ3) is 5.51. The number of amides is 1. The van der Waals surface area contributed by atoms with Gasteiger partial charge in [-0.1, -0.05) is 46.3 Å². The van der Waals surface area contributed by atoms with E-state index in [9.17, 15) is 4.79 Å². The topological polar surface area (TPSA) is 41.1 Å². The van der Waals surface area contributed by atoms with Crippen molar-refractivity contribution < 1.29 is 4.79 Å². The number of halogens is 2. The molecule has 22 heavy (non-hydrogen) atoms. The van der Waals surface area contributed by atoms with Gasteiger partial charge < -0.3 is 5.32 Å². The fourth-order valence-electron chi connectivity index (χ4n) is 1.63. The highest BCUT2D eigenvalue weighted by Crippen LogP contribution is 2.22. The lowest BCUT2D eigenvalue weighted by Crippen LogP contribution is -2.33. The summed E-state index contributed by atoms with van der Waals surface area (Å²) in [4.78, 5) is 11.8. The van der Waals surface area contributed by atoms with Gasteiger partial charge in [0.1, 0.15) is 0 Å². The fourth-order valence-corrected chi connectivity index (χ4v) is 3.28. The molecule has 2 rings (SSSR count). The van der Waals surface area contributed by atoms with Crippen LogP contribution in [0.25, 0.3) is 6.08 Å². The molecule has 3 nitrogen and oxygen atoms in total. The van der Waals surface area contributed by atoms with E-state index < -0.39 is 0 Å². The molecule has 0 atom stereocenters. The number of benzene rings is 2. The highest BCUT2D eigenvalue weighted by molar-refractivity contribution is 14.1. The first kappa shape index (κ1) is 17.1. The quantitative estimate of drug-likeness (QED) is 0.379. The maximum atomic E-state index is 11.8. The largest absolute Gasteiger partial charge is 0.332 e. The standard InChI is InChI=1S/C16H12BrIN2OS/c17-12-7-8-14(13(18)10-12)19-16(22)20-15(21)9-6-11-4-2-1-3-5-11/h1-10H,(H2,19,20,21,22). The summed E-state index contributed by atoms with van der Waals surface area (Å²) < 4.78 is 1.99. The molecule has 0 aliphatic heterocycles. The van der Waals surface area contributed by atoms with Gasteiger partial charge in [-0.2, -0.15) is 0 Å². The number of carbonyl (C=O) groups is 1. The van der Waals surface area contributed by atoms with E-state index in [1.54, 1.807) is 6.08 Å². The van der Waals surface area contributed by atoms with Crippen LogP contribution in [-0.4, -0.2) is 11.0 Å². The van der Waals surface area contributed by atoms with Gasteiger partial charge in [-0.3, -0.25) is 10.1 Å². The summed E-state index contributed by atoms with van der Waals surface area (Å²) in [5.74, 6) is -0.270. The molecule has 2 aromatic carbocycles. The van der Waals surface area contributed by atoms with Crippen LogP contribution in [0.1, 0.15) is 5.56 Å². The average molecular weight is 487 g/mol. The normalized spacial score (nSPS) is 10.5. The van der Waals surface area contributed by atoms with Gasteiger partial charge in [0.15, 0.2) is 5.11 Å². The summed E-state index contributed by atoms with van der Waals surface area (Å²) in [6.45, 7) is 0. The fraction of sp³-hybridized carbons (Fsp3) is 0. The van der Waals surface area contributed by atoms with Crippen LogP contribution in [0.3, 0.4) is 0 Å². The number of rotatable bonds is 3. The van der Waals surface area contributed by atoms with Gasteiger partial charge >= 0.3 is 0 Å². The molecule has 0 fully saturated rings. The van der Waals surface area contributed by atoms with Crippen molar-refractivity contribution in [2.75, 3.05) is 5.32 Å². The monoisotopic (exact) mass is 486 g/mol. The Morgan fingerprint density at radius 2 is 1.91 bits per heavy atom. The Hall–Kier alpha value is -1.25. The number of anilines is 1. The van der Waals surface area contributed by atoms with E-state index in [1.165, 1.54) is 6.08 Å². The minimum absolute atomic E-state index is 0.267. The number of hydrogen-bond donors (Lipinski definition) is 2. The van der Waals surface area contributed by atoms with Gasteiger partial charge in [0.25, 0.3) is 0 Å². The van der Waals surface area contributed by atoms with E-state index in [-0.39, 0.29) is 11.0 Å². The summed E-state index contributed by atoms with van der Waals surface area (Å²) in [5, 5.41) is 5.89. The van der Waals surface area contributed by atoms with E-state index >= 15 is 0 Å². The van der Waals surface area contributed by atoms with Crippen LogP contribution in [0.5, 0.6) is 0 Å². The second-order valence-electron chi connectivity index (χ2n) is 4.31. The van der Waals surface area contributed by atoms with Crippen LogP contribution >= 0.6 is 50.7 Å². The van der Waals surface area contributed by atoms with Crippen molar-refractivity contribution in [2.45, 2.75) is 0 Å². The van der Waals surface area contributed by atoms with Gasteiger partial charge in [0, 0.05) is 14.1 Å². The zero-order valence-electron chi connectivity index (χ0n) is 11.3. The number of hydrogen-bond acceptors (Lipinski definition) is 2. The predicted molar refractivity (Wildman–Crippen MR) is 107 cm³/mol. The van der Waals surface area contributed by atoms with Crippen LogP contribution in [0.2, 0.25) is 0 Å². The van der Waals surface area contributed by atoms with Crippen molar-refractivity contribution in [3.63, 3.8) is 0 Å². The van der Waals surface area contributed by atoms with Gasteiger partial charge in [0.05, 0.1) is 5.69 Å². The van der Waals surface area contributed by atoms with Crippen molar-refractivity contribution in [1.82, 2.24) is 5.32 Å². The van der Waals surface area contributed by atoms with E-state index in [0.717, 1.165) is 19.3 Å². The first-order chi connectivity index (χ1) is 10.5. The molecule has 0 radical (unpaired) electrons. The molecule has 0 saturated heterocycles. The predicted octanol–water partition coefficient (Wildman–Crippen LogP) is 4.58. The highest BCUT2D eigenvalue weighted by atomic mass is 127. The SMILES string of the molecule is O=C(C=Cc1ccccc1)NC(=S)Nc1ccc(Br)cc1I. The molecule has 0 saturated carbocycles. The lowest BCUT2D eigenvalue weighted by Gasteiger charge is -2.10. The first-order valence-electron chi connectivity index (χ1n) is 6.35. The maximum absolute atomic E-state index is 11.8. The molecule has 0 aliphatic carbocycles.